The van der Waals surface area contributed by atoms with Gasteiger partial charge < -0.3 is 10.0 Å². The number of amides is 1. The molecule has 1 aromatic carbocycles. The lowest BCUT2D eigenvalue weighted by molar-refractivity contribution is -0.131. The van der Waals surface area contributed by atoms with E-state index in [9.17, 15) is 9.59 Å². The van der Waals surface area contributed by atoms with Crippen LogP contribution in [0.1, 0.15) is 48.5 Å². The second kappa shape index (κ2) is 7.07. The van der Waals surface area contributed by atoms with Gasteiger partial charge in [0.05, 0.1) is 0 Å². The number of likely N-dealkylation sites (tertiary alicyclic amines) is 1. The average Bonchev–Trinajstić information content (AvgIpc) is 3.00. The van der Waals surface area contributed by atoms with Gasteiger partial charge >= 0.3 is 5.97 Å². The van der Waals surface area contributed by atoms with Crippen molar-refractivity contribution in [1.82, 2.24) is 4.90 Å². The van der Waals surface area contributed by atoms with E-state index in [2.05, 4.69) is 0 Å². The zero-order chi connectivity index (χ0) is 15.2. The summed E-state index contributed by atoms with van der Waals surface area (Å²) >= 11 is 0. The maximum absolute atomic E-state index is 12.2. The lowest BCUT2D eigenvalue weighted by Gasteiger charge is -2.15. The predicted molar refractivity (Wildman–Crippen MR) is 82.1 cm³/mol. The van der Waals surface area contributed by atoms with Gasteiger partial charge in [-0.2, -0.15) is 0 Å². The molecule has 1 N–H and O–H groups in total. The van der Waals surface area contributed by atoms with Crippen LogP contribution in [0.4, 0.5) is 0 Å². The number of carbonyl (C=O) groups is 2. The fraction of sp³-hybridized carbons (Fsp3) is 0.412. The maximum Gasteiger partial charge on any atom is 0.328 e. The largest absolute Gasteiger partial charge is 0.478 e. The zero-order valence-electron chi connectivity index (χ0n) is 12.3. The van der Waals surface area contributed by atoms with E-state index in [4.69, 9.17) is 5.11 Å². The van der Waals surface area contributed by atoms with Crippen molar-refractivity contribution in [3.8, 4) is 0 Å². The van der Waals surface area contributed by atoms with Crippen LogP contribution in [0.2, 0.25) is 0 Å². The first kappa shape index (κ1) is 15.3. The molecule has 0 atom stereocenters. The molecule has 1 aliphatic heterocycles. The van der Waals surface area contributed by atoms with E-state index in [-0.39, 0.29) is 5.91 Å². The quantitative estimate of drug-likeness (QED) is 0.846. The fourth-order valence-corrected chi connectivity index (χ4v) is 2.65. The van der Waals surface area contributed by atoms with Crippen LogP contribution in [0.5, 0.6) is 0 Å². The van der Waals surface area contributed by atoms with Gasteiger partial charge in [-0.05, 0) is 42.5 Å². The standard InChI is InChI=1S/C17H21NO3/c1-2-5-15(12-16(19)20)13-6-8-14(9-7-13)17(21)18-10-3-4-11-18/h6-9,12H,2-5,10-11H2,1H3,(H,19,20)/b15-12+. The fourth-order valence-electron chi connectivity index (χ4n) is 2.65. The molecule has 0 saturated carbocycles. The number of rotatable bonds is 5. The van der Waals surface area contributed by atoms with Gasteiger partial charge in [0, 0.05) is 24.7 Å². The Morgan fingerprint density at radius 3 is 2.24 bits per heavy atom. The highest BCUT2D eigenvalue weighted by Crippen LogP contribution is 2.21. The zero-order valence-corrected chi connectivity index (χ0v) is 12.3. The molecule has 0 unspecified atom stereocenters. The molecule has 0 spiro atoms. The van der Waals surface area contributed by atoms with Crippen LogP contribution in [0.3, 0.4) is 0 Å². The summed E-state index contributed by atoms with van der Waals surface area (Å²) in [6.45, 7) is 3.68. The summed E-state index contributed by atoms with van der Waals surface area (Å²) in [6, 6.07) is 7.27. The van der Waals surface area contributed by atoms with Crippen molar-refractivity contribution in [3.63, 3.8) is 0 Å². The van der Waals surface area contributed by atoms with E-state index < -0.39 is 5.97 Å². The minimum absolute atomic E-state index is 0.0679. The van der Waals surface area contributed by atoms with E-state index in [0.29, 0.717) is 12.0 Å². The molecule has 4 heteroatoms. The average molecular weight is 287 g/mol. The molecule has 1 fully saturated rings. The smallest absolute Gasteiger partial charge is 0.328 e. The minimum Gasteiger partial charge on any atom is -0.478 e. The molecule has 112 valence electrons. The Balaban J connectivity index is 2.17. The Morgan fingerprint density at radius 2 is 1.71 bits per heavy atom. The van der Waals surface area contributed by atoms with Crippen LogP contribution in [0, 0.1) is 0 Å². The third kappa shape index (κ3) is 3.94. The molecule has 0 bridgehead atoms. The molecule has 1 aromatic rings. The van der Waals surface area contributed by atoms with Crippen LogP contribution in [-0.2, 0) is 4.79 Å². The van der Waals surface area contributed by atoms with E-state index in [1.54, 1.807) is 12.1 Å². The summed E-state index contributed by atoms with van der Waals surface area (Å²) in [5, 5.41) is 8.92. The van der Waals surface area contributed by atoms with Crippen molar-refractivity contribution in [2.75, 3.05) is 13.1 Å². The summed E-state index contributed by atoms with van der Waals surface area (Å²) in [7, 11) is 0. The SMILES string of the molecule is CCC/C(=C\C(=O)O)c1ccc(C(=O)N2CCCC2)cc1. The number of hydrogen-bond acceptors (Lipinski definition) is 2. The lowest BCUT2D eigenvalue weighted by Crippen LogP contribution is -2.27. The number of benzene rings is 1. The molecule has 1 aliphatic rings. The second-order valence-corrected chi connectivity index (χ2v) is 5.33. The van der Waals surface area contributed by atoms with Gasteiger partial charge in [0.1, 0.15) is 0 Å². The third-order valence-electron chi connectivity index (χ3n) is 3.71. The highest BCUT2D eigenvalue weighted by molar-refractivity contribution is 5.95. The van der Waals surface area contributed by atoms with Crippen molar-refractivity contribution in [3.05, 3.63) is 41.5 Å². The van der Waals surface area contributed by atoms with Crippen molar-refractivity contribution in [1.29, 1.82) is 0 Å². The van der Waals surface area contributed by atoms with E-state index >= 15 is 0 Å². The van der Waals surface area contributed by atoms with Gasteiger partial charge in [-0.1, -0.05) is 25.5 Å². The Kier molecular flexibility index (Phi) is 5.14. The summed E-state index contributed by atoms with van der Waals surface area (Å²) in [6.07, 6.45) is 5.00. The second-order valence-electron chi connectivity index (χ2n) is 5.33. The van der Waals surface area contributed by atoms with Crippen molar-refractivity contribution >= 4 is 17.4 Å². The van der Waals surface area contributed by atoms with Gasteiger partial charge in [-0.15, -0.1) is 0 Å². The van der Waals surface area contributed by atoms with Gasteiger partial charge in [0.25, 0.3) is 5.91 Å². The molecule has 0 radical (unpaired) electrons. The normalized spacial score (nSPS) is 15.3. The van der Waals surface area contributed by atoms with E-state index in [1.807, 2.05) is 24.0 Å². The van der Waals surface area contributed by atoms with Gasteiger partial charge in [0.15, 0.2) is 0 Å². The first-order valence-electron chi connectivity index (χ1n) is 7.45. The van der Waals surface area contributed by atoms with Crippen molar-refractivity contribution in [2.24, 2.45) is 0 Å². The molecule has 1 heterocycles. The van der Waals surface area contributed by atoms with Crippen molar-refractivity contribution < 1.29 is 14.7 Å². The molecule has 0 aliphatic carbocycles. The van der Waals surface area contributed by atoms with E-state index in [1.165, 1.54) is 6.08 Å². The van der Waals surface area contributed by atoms with Crippen LogP contribution in [-0.4, -0.2) is 35.0 Å². The molecule has 4 nitrogen and oxygen atoms in total. The first-order valence-corrected chi connectivity index (χ1v) is 7.45. The van der Waals surface area contributed by atoms with Crippen LogP contribution in [0.15, 0.2) is 30.3 Å². The molecular formula is C17H21NO3. The summed E-state index contributed by atoms with van der Waals surface area (Å²) in [5.74, 6) is -0.867. The maximum atomic E-state index is 12.2. The molecular weight excluding hydrogens is 266 g/mol. The Hall–Kier alpha value is -2.10. The predicted octanol–water partition coefficient (Wildman–Crippen LogP) is 3.19. The molecule has 2 rings (SSSR count). The number of nitrogens with zero attached hydrogens (tertiary/aromatic N) is 1. The monoisotopic (exact) mass is 287 g/mol. The number of carbonyl (C=O) groups excluding carboxylic acids is 1. The molecule has 1 saturated heterocycles. The summed E-state index contributed by atoms with van der Waals surface area (Å²) in [4.78, 5) is 25.0. The number of aliphatic carboxylic acids is 1. The van der Waals surface area contributed by atoms with Gasteiger partial charge in [0.2, 0.25) is 0 Å². The number of carboxylic acids is 1. The number of carboxylic acid groups (broad SMARTS) is 1. The third-order valence-corrected chi connectivity index (χ3v) is 3.71. The van der Waals surface area contributed by atoms with Crippen molar-refractivity contribution in [2.45, 2.75) is 32.6 Å². The minimum atomic E-state index is -0.935. The topological polar surface area (TPSA) is 57.6 Å². The van der Waals surface area contributed by atoms with Crippen LogP contribution in [0.25, 0.3) is 5.57 Å². The van der Waals surface area contributed by atoms with Crippen LogP contribution < -0.4 is 0 Å². The Bertz CT molecular complexity index is 540. The first-order chi connectivity index (χ1) is 10.1. The highest BCUT2D eigenvalue weighted by atomic mass is 16.4. The van der Waals surface area contributed by atoms with Gasteiger partial charge in [-0.3, -0.25) is 4.79 Å². The Labute approximate surface area is 125 Å². The van der Waals surface area contributed by atoms with Gasteiger partial charge in [-0.25, -0.2) is 4.79 Å². The Morgan fingerprint density at radius 1 is 1.14 bits per heavy atom. The van der Waals surface area contributed by atoms with E-state index in [0.717, 1.165) is 43.5 Å². The number of allylic oxidation sites excluding steroid dienone is 1. The molecule has 1 amide bonds. The highest BCUT2D eigenvalue weighted by Gasteiger charge is 2.19. The van der Waals surface area contributed by atoms with Crippen LogP contribution >= 0.6 is 0 Å². The summed E-state index contributed by atoms with van der Waals surface area (Å²) < 4.78 is 0. The molecule has 21 heavy (non-hydrogen) atoms. The number of hydrogen-bond donors (Lipinski definition) is 1. The lowest BCUT2D eigenvalue weighted by atomic mass is 9.99. The summed E-state index contributed by atoms with van der Waals surface area (Å²) in [5.41, 5.74) is 2.34. The molecule has 0 aromatic heterocycles.